The van der Waals surface area contributed by atoms with Crippen LogP contribution in [0.2, 0.25) is 5.02 Å². The van der Waals surface area contributed by atoms with Gasteiger partial charge in [-0.05, 0) is 74.9 Å². The number of aryl methyl sites for hydroxylation is 1. The van der Waals surface area contributed by atoms with E-state index < -0.39 is 28.9 Å². The highest BCUT2D eigenvalue weighted by molar-refractivity contribution is 6.30. The van der Waals surface area contributed by atoms with Crippen LogP contribution in [0.1, 0.15) is 37.7 Å². The molecule has 35 heavy (non-hydrogen) atoms. The van der Waals surface area contributed by atoms with Gasteiger partial charge in [-0.25, -0.2) is 8.78 Å². The van der Waals surface area contributed by atoms with E-state index in [1.54, 1.807) is 6.92 Å². The molecular weight excluding hydrogens is 482 g/mol. The second kappa shape index (κ2) is 9.99. The Balaban J connectivity index is 1.28. The van der Waals surface area contributed by atoms with Gasteiger partial charge >= 0.3 is 0 Å². The lowest BCUT2D eigenvalue weighted by Gasteiger charge is -2.56. The Bertz CT molecular complexity index is 1120. The van der Waals surface area contributed by atoms with E-state index in [9.17, 15) is 23.5 Å². The summed E-state index contributed by atoms with van der Waals surface area (Å²) < 4.78 is 37.7. The van der Waals surface area contributed by atoms with Gasteiger partial charge in [0.25, 0.3) is 11.8 Å². The van der Waals surface area contributed by atoms with Crippen LogP contribution in [0.4, 0.5) is 8.78 Å². The molecule has 2 bridgehead atoms. The summed E-state index contributed by atoms with van der Waals surface area (Å²) in [5, 5.41) is 16.7. The highest BCUT2D eigenvalue weighted by atomic mass is 35.5. The summed E-state index contributed by atoms with van der Waals surface area (Å²) in [7, 11) is 0. The van der Waals surface area contributed by atoms with Crippen LogP contribution in [-0.4, -0.2) is 47.3 Å². The fraction of sp³-hybridized carbons (Fsp3) is 0.440. The summed E-state index contributed by atoms with van der Waals surface area (Å²) in [5.41, 5.74) is -0.797. The fourth-order valence-corrected chi connectivity index (χ4v) is 5.06. The van der Waals surface area contributed by atoms with Gasteiger partial charge in [0.05, 0.1) is 16.7 Å². The second-order valence-electron chi connectivity index (χ2n) is 9.32. The van der Waals surface area contributed by atoms with Crippen LogP contribution in [0.25, 0.3) is 0 Å². The lowest BCUT2D eigenvalue weighted by molar-refractivity contribution is -0.137. The van der Waals surface area contributed by atoms with Gasteiger partial charge in [-0.15, -0.1) is 0 Å². The van der Waals surface area contributed by atoms with Crippen molar-refractivity contribution in [3.63, 3.8) is 0 Å². The Hall–Kier alpha value is -2.91. The van der Waals surface area contributed by atoms with Gasteiger partial charge in [0.15, 0.2) is 13.2 Å². The smallest absolute Gasteiger partial charge is 0.258 e. The lowest BCUT2D eigenvalue weighted by atomic mass is 9.60. The number of hydrogen-bond donors (Lipinski definition) is 3. The van der Waals surface area contributed by atoms with Crippen LogP contribution in [0.5, 0.6) is 11.5 Å². The monoisotopic (exact) mass is 508 g/mol. The lowest BCUT2D eigenvalue weighted by Crippen LogP contribution is -2.70. The van der Waals surface area contributed by atoms with E-state index in [2.05, 4.69) is 10.6 Å². The molecule has 0 unspecified atom stereocenters. The molecule has 2 aromatic carbocycles. The van der Waals surface area contributed by atoms with Crippen molar-refractivity contribution >= 4 is 23.4 Å². The normalized spacial score (nSPS) is 25.1. The molecule has 7 nitrogen and oxygen atoms in total. The van der Waals surface area contributed by atoms with Gasteiger partial charge in [0.1, 0.15) is 23.1 Å². The van der Waals surface area contributed by atoms with Gasteiger partial charge in [-0.1, -0.05) is 11.6 Å². The number of rotatable bonds is 8. The number of amides is 2. The summed E-state index contributed by atoms with van der Waals surface area (Å²) in [6.07, 6.45) is 1.55. The number of carbonyl (C=O) groups excluding carboxylic acids is 2. The summed E-state index contributed by atoms with van der Waals surface area (Å²) in [6, 6.07) is 7.98. The third-order valence-corrected chi connectivity index (χ3v) is 7.18. The van der Waals surface area contributed by atoms with Crippen LogP contribution < -0.4 is 20.1 Å². The van der Waals surface area contributed by atoms with Crippen LogP contribution >= 0.6 is 11.6 Å². The molecule has 0 heterocycles. The largest absolute Gasteiger partial charge is 0.484 e. The Labute approximate surface area is 206 Å². The summed E-state index contributed by atoms with van der Waals surface area (Å²) in [6.45, 7) is 1.13. The van der Waals surface area contributed by atoms with Gasteiger partial charge in [-0.3, -0.25) is 9.59 Å². The zero-order chi connectivity index (χ0) is 25.2. The molecule has 3 N–H and O–H groups in total. The van der Waals surface area contributed by atoms with Gasteiger partial charge in [0.2, 0.25) is 0 Å². The highest BCUT2D eigenvalue weighted by Gasteiger charge is 2.55. The van der Waals surface area contributed by atoms with Crippen molar-refractivity contribution in [2.45, 2.75) is 56.2 Å². The molecule has 0 aliphatic heterocycles. The number of ether oxygens (including phenoxy) is 2. The molecule has 3 fully saturated rings. The topological polar surface area (TPSA) is 96.9 Å². The number of fused-ring (bicyclic) bond motifs is 3. The second-order valence-corrected chi connectivity index (χ2v) is 9.72. The van der Waals surface area contributed by atoms with Crippen molar-refractivity contribution in [1.29, 1.82) is 0 Å². The summed E-state index contributed by atoms with van der Waals surface area (Å²) in [4.78, 5) is 25.1. The molecule has 188 valence electrons. The molecule has 3 aliphatic carbocycles. The number of nitrogens with one attached hydrogen (secondary N) is 2. The first-order valence-electron chi connectivity index (χ1n) is 11.4. The van der Waals surface area contributed by atoms with Crippen molar-refractivity contribution in [3.05, 3.63) is 58.6 Å². The molecule has 5 rings (SSSR count). The quantitative estimate of drug-likeness (QED) is 0.507. The zero-order valence-corrected chi connectivity index (χ0v) is 20.0. The number of aliphatic hydroxyl groups is 1. The van der Waals surface area contributed by atoms with Gasteiger partial charge in [-0.2, -0.15) is 0 Å². The maximum absolute atomic E-state index is 13.5. The molecule has 1 atom stereocenters. The Morgan fingerprint density at radius 3 is 2.37 bits per heavy atom. The zero-order valence-electron chi connectivity index (χ0n) is 19.2. The molecule has 10 heteroatoms. The highest BCUT2D eigenvalue weighted by Crippen LogP contribution is 2.47. The van der Waals surface area contributed by atoms with E-state index in [0.29, 0.717) is 37.0 Å². The molecule has 3 saturated carbocycles. The van der Waals surface area contributed by atoms with Crippen molar-refractivity contribution < 1.29 is 33.0 Å². The number of halogens is 3. The molecule has 2 aromatic rings. The van der Waals surface area contributed by atoms with Crippen LogP contribution in [0, 0.1) is 18.6 Å². The number of benzene rings is 2. The van der Waals surface area contributed by atoms with Crippen molar-refractivity contribution in [1.82, 2.24) is 10.6 Å². The predicted molar refractivity (Wildman–Crippen MR) is 124 cm³/mol. The SMILES string of the molecule is Cc1cc(F)ccc1OCC(=O)NC12CCC(NC(=O)COc3ccc(Cl)c(F)c3)(CC1)[C@@H](O)C2. The fourth-order valence-electron chi connectivity index (χ4n) is 4.94. The van der Waals surface area contributed by atoms with Crippen molar-refractivity contribution in [2.75, 3.05) is 13.2 Å². The Kier molecular flexibility index (Phi) is 7.19. The minimum Gasteiger partial charge on any atom is -0.484 e. The minimum atomic E-state index is -0.859. The minimum absolute atomic E-state index is 0.0408. The molecule has 2 amide bonds. The number of carbonyl (C=O) groups is 2. The first kappa shape index (κ1) is 25.2. The standard InChI is InChI=1S/C25H27ClF2N2O5/c1-15-10-16(27)2-5-20(15)35-14-22(32)29-24-6-8-25(9-7-24,21(31)12-24)30-23(33)13-34-17-3-4-18(26)19(28)11-17/h2-5,10-11,21,31H,6-9,12-14H2,1H3,(H,29,32)(H,30,33)/t21-,24?,25?/m0/s1. The van der Waals surface area contributed by atoms with Crippen LogP contribution in [-0.2, 0) is 9.59 Å². The van der Waals surface area contributed by atoms with E-state index in [4.69, 9.17) is 21.1 Å². The number of hydrogen-bond acceptors (Lipinski definition) is 5. The average molecular weight is 509 g/mol. The predicted octanol–water partition coefficient (Wildman–Crippen LogP) is 3.43. The van der Waals surface area contributed by atoms with E-state index in [1.165, 1.54) is 30.3 Å². The Morgan fingerprint density at radius 2 is 1.71 bits per heavy atom. The first-order chi connectivity index (χ1) is 16.6. The van der Waals surface area contributed by atoms with E-state index in [1.807, 2.05) is 0 Å². The van der Waals surface area contributed by atoms with Gasteiger partial charge in [0, 0.05) is 11.6 Å². The molecule has 3 aliphatic rings. The molecule has 0 saturated heterocycles. The van der Waals surface area contributed by atoms with Crippen molar-refractivity contribution in [3.8, 4) is 11.5 Å². The van der Waals surface area contributed by atoms with E-state index >= 15 is 0 Å². The third kappa shape index (κ3) is 5.67. The molecule has 0 radical (unpaired) electrons. The summed E-state index contributed by atoms with van der Waals surface area (Å²) >= 11 is 5.65. The Morgan fingerprint density at radius 1 is 1.03 bits per heavy atom. The molecular formula is C25H27ClF2N2O5. The van der Waals surface area contributed by atoms with Crippen LogP contribution in [0.15, 0.2) is 36.4 Å². The van der Waals surface area contributed by atoms with Gasteiger partial charge < -0.3 is 25.2 Å². The third-order valence-electron chi connectivity index (χ3n) is 6.87. The first-order valence-corrected chi connectivity index (χ1v) is 11.7. The maximum atomic E-state index is 13.5. The maximum Gasteiger partial charge on any atom is 0.258 e. The van der Waals surface area contributed by atoms with Crippen LogP contribution in [0.3, 0.4) is 0 Å². The molecule has 0 spiro atoms. The van der Waals surface area contributed by atoms with E-state index in [-0.39, 0.29) is 42.1 Å². The van der Waals surface area contributed by atoms with Crippen molar-refractivity contribution in [2.24, 2.45) is 0 Å². The average Bonchev–Trinajstić information content (AvgIpc) is 2.80. The number of aliphatic hydroxyl groups excluding tert-OH is 1. The van der Waals surface area contributed by atoms with E-state index in [0.717, 1.165) is 6.07 Å². The summed E-state index contributed by atoms with van der Waals surface area (Å²) in [5.74, 6) is -1.18. The molecule has 0 aromatic heterocycles.